The summed E-state index contributed by atoms with van der Waals surface area (Å²) in [5.41, 5.74) is 2.36. The van der Waals surface area contributed by atoms with E-state index in [0.29, 0.717) is 6.61 Å². The van der Waals surface area contributed by atoms with Crippen molar-refractivity contribution in [1.29, 1.82) is 0 Å². The number of aliphatic hydroxyl groups is 1. The van der Waals surface area contributed by atoms with E-state index in [1.807, 2.05) is 18.5 Å². The van der Waals surface area contributed by atoms with Crippen LogP contribution in [0, 0.1) is 5.41 Å². The van der Waals surface area contributed by atoms with Crippen molar-refractivity contribution < 1.29 is 5.11 Å². The molecule has 3 rings (SSSR count). The van der Waals surface area contributed by atoms with Crippen LogP contribution in [0.3, 0.4) is 0 Å². The van der Waals surface area contributed by atoms with Crippen LogP contribution in [0.25, 0.3) is 11.0 Å². The van der Waals surface area contributed by atoms with Gasteiger partial charge in [-0.25, -0.2) is 4.98 Å². The van der Waals surface area contributed by atoms with E-state index in [9.17, 15) is 5.11 Å². The molecule has 2 heterocycles. The van der Waals surface area contributed by atoms with E-state index in [1.54, 1.807) is 0 Å². The van der Waals surface area contributed by atoms with E-state index in [0.717, 1.165) is 31.6 Å². The summed E-state index contributed by atoms with van der Waals surface area (Å²) in [4.78, 5) is 7.38. The van der Waals surface area contributed by atoms with Crippen LogP contribution in [0.1, 0.15) is 18.4 Å². The molecule has 0 aliphatic heterocycles. The van der Waals surface area contributed by atoms with Crippen molar-refractivity contribution in [3.8, 4) is 0 Å². The first-order valence-electron chi connectivity index (χ1n) is 6.06. The summed E-state index contributed by atoms with van der Waals surface area (Å²) in [5, 5.41) is 13.8. The molecule has 4 heteroatoms. The second kappa shape index (κ2) is 4.13. The van der Waals surface area contributed by atoms with Crippen molar-refractivity contribution in [3.05, 3.63) is 30.1 Å². The number of H-pyrrole nitrogens is 1. The number of fused-ring (bicyclic) bond motifs is 1. The van der Waals surface area contributed by atoms with Gasteiger partial charge in [-0.2, -0.15) is 0 Å². The predicted octanol–water partition coefficient (Wildman–Crippen LogP) is 1.42. The maximum Gasteiger partial charge on any atom is 0.137 e. The van der Waals surface area contributed by atoms with Gasteiger partial charge < -0.3 is 15.4 Å². The number of rotatable bonds is 5. The van der Waals surface area contributed by atoms with Gasteiger partial charge in [0, 0.05) is 42.9 Å². The second-order valence-electron chi connectivity index (χ2n) is 4.97. The van der Waals surface area contributed by atoms with Gasteiger partial charge >= 0.3 is 0 Å². The van der Waals surface area contributed by atoms with Crippen LogP contribution in [-0.4, -0.2) is 28.2 Å². The van der Waals surface area contributed by atoms with E-state index in [-0.39, 0.29) is 5.41 Å². The molecule has 90 valence electrons. The summed E-state index contributed by atoms with van der Waals surface area (Å²) >= 11 is 0. The third-order valence-corrected chi connectivity index (χ3v) is 3.66. The van der Waals surface area contributed by atoms with Crippen LogP contribution in [0.2, 0.25) is 0 Å². The molecule has 4 nitrogen and oxygen atoms in total. The van der Waals surface area contributed by atoms with Crippen LogP contribution in [0.5, 0.6) is 0 Å². The van der Waals surface area contributed by atoms with Crippen molar-refractivity contribution in [2.24, 2.45) is 5.41 Å². The molecule has 0 bridgehead atoms. The van der Waals surface area contributed by atoms with E-state index in [2.05, 4.69) is 21.4 Å². The van der Waals surface area contributed by atoms with E-state index in [1.165, 1.54) is 10.9 Å². The van der Waals surface area contributed by atoms with Crippen molar-refractivity contribution in [2.75, 3.05) is 13.2 Å². The fraction of sp³-hybridized carbons (Fsp3) is 0.462. The van der Waals surface area contributed by atoms with Gasteiger partial charge in [0.05, 0.1) is 0 Å². The van der Waals surface area contributed by atoms with Gasteiger partial charge in [0.25, 0.3) is 0 Å². The fourth-order valence-corrected chi connectivity index (χ4v) is 2.20. The number of aliphatic hydroxyl groups excluding tert-OH is 1. The first kappa shape index (κ1) is 10.7. The molecule has 0 spiro atoms. The smallest absolute Gasteiger partial charge is 0.137 e. The van der Waals surface area contributed by atoms with Crippen LogP contribution in [0.15, 0.2) is 24.5 Å². The molecule has 3 N–H and O–H groups in total. The van der Waals surface area contributed by atoms with Gasteiger partial charge in [0.2, 0.25) is 0 Å². The quantitative estimate of drug-likeness (QED) is 0.729. The Morgan fingerprint density at radius 3 is 3.06 bits per heavy atom. The Bertz CT molecular complexity index is 516. The predicted molar refractivity (Wildman–Crippen MR) is 66.6 cm³/mol. The Kier molecular flexibility index (Phi) is 2.61. The molecule has 0 atom stereocenters. The Morgan fingerprint density at radius 2 is 2.29 bits per heavy atom. The van der Waals surface area contributed by atoms with E-state index >= 15 is 0 Å². The highest BCUT2D eigenvalue weighted by molar-refractivity contribution is 5.79. The molecule has 0 amide bonds. The molecule has 0 saturated heterocycles. The number of nitrogens with one attached hydrogen (secondary N) is 2. The highest BCUT2D eigenvalue weighted by atomic mass is 16.3. The molecular weight excluding hydrogens is 214 g/mol. The van der Waals surface area contributed by atoms with Crippen LogP contribution in [0.4, 0.5) is 0 Å². The third-order valence-electron chi connectivity index (χ3n) is 3.66. The Hall–Kier alpha value is -1.39. The van der Waals surface area contributed by atoms with Gasteiger partial charge in [-0.15, -0.1) is 0 Å². The van der Waals surface area contributed by atoms with Crippen LogP contribution >= 0.6 is 0 Å². The van der Waals surface area contributed by atoms with Crippen LogP contribution < -0.4 is 5.32 Å². The lowest BCUT2D eigenvalue weighted by atomic mass is 10.1. The largest absolute Gasteiger partial charge is 0.396 e. The minimum atomic E-state index is 0.171. The second-order valence-corrected chi connectivity index (χ2v) is 4.97. The Labute approximate surface area is 100 Å². The molecule has 1 aliphatic carbocycles. The molecule has 2 aromatic heterocycles. The maximum atomic E-state index is 9.24. The summed E-state index contributed by atoms with van der Waals surface area (Å²) in [7, 11) is 0. The lowest BCUT2D eigenvalue weighted by Crippen LogP contribution is -2.26. The molecule has 2 aromatic rings. The first-order valence-corrected chi connectivity index (χ1v) is 6.06. The number of aromatic amines is 1. The minimum absolute atomic E-state index is 0.171. The number of hydrogen-bond donors (Lipinski definition) is 3. The number of hydrogen-bond acceptors (Lipinski definition) is 3. The lowest BCUT2D eigenvalue weighted by molar-refractivity contribution is 0.207. The summed E-state index contributed by atoms with van der Waals surface area (Å²) in [6, 6.07) is 4.10. The van der Waals surface area contributed by atoms with E-state index in [4.69, 9.17) is 0 Å². The first-order chi connectivity index (χ1) is 8.33. The summed E-state index contributed by atoms with van der Waals surface area (Å²) in [6.07, 6.45) is 6.03. The zero-order valence-corrected chi connectivity index (χ0v) is 9.74. The highest BCUT2D eigenvalue weighted by Crippen LogP contribution is 2.44. The van der Waals surface area contributed by atoms with Crippen molar-refractivity contribution >= 4 is 11.0 Å². The Morgan fingerprint density at radius 1 is 1.41 bits per heavy atom. The molecule has 1 saturated carbocycles. The zero-order valence-electron chi connectivity index (χ0n) is 9.74. The maximum absolute atomic E-state index is 9.24. The van der Waals surface area contributed by atoms with Gasteiger partial charge in [0.1, 0.15) is 5.65 Å². The monoisotopic (exact) mass is 231 g/mol. The molecule has 0 radical (unpaired) electrons. The standard InChI is InChI=1S/C13H17N3O/c17-9-13(3-4-13)8-14-7-10-1-5-15-12-11(10)2-6-16-12/h1-2,5-6,14,17H,3-4,7-9H2,(H,15,16). The van der Waals surface area contributed by atoms with Crippen LogP contribution in [-0.2, 0) is 6.54 Å². The molecule has 17 heavy (non-hydrogen) atoms. The van der Waals surface area contributed by atoms with Gasteiger partial charge in [-0.3, -0.25) is 0 Å². The van der Waals surface area contributed by atoms with Crippen molar-refractivity contribution in [1.82, 2.24) is 15.3 Å². The highest BCUT2D eigenvalue weighted by Gasteiger charge is 2.41. The molecule has 1 fully saturated rings. The average molecular weight is 231 g/mol. The normalized spacial score (nSPS) is 17.5. The van der Waals surface area contributed by atoms with Crippen molar-refractivity contribution in [3.63, 3.8) is 0 Å². The van der Waals surface area contributed by atoms with Gasteiger partial charge in [-0.1, -0.05) is 0 Å². The summed E-state index contributed by atoms with van der Waals surface area (Å²) < 4.78 is 0. The minimum Gasteiger partial charge on any atom is -0.396 e. The SMILES string of the molecule is OCC1(CNCc2ccnc3[nH]ccc23)CC1. The molecule has 0 aromatic carbocycles. The molecular formula is C13H17N3O. The lowest BCUT2D eigenvalue weighted by Gasteiger charge is -2.12. The summed E-state index contributed by atoms with van der Waals surface area (Å²) in [6.45, 7) is 2.03. The summed E-state index contributed by atoms with van der Waals surface area (Å²) in [5.74, 6) is 0. The average Bonchev–Trinajstić information content (AvgIpc) is 2.97. The fourth-order valence-electron chi connectivity index (χ4n) is 2.20. The zero-order chi connectivity index (χ0) is 11.7. The molecule has 0 unspecified atom stereocenters. The topological polar surface area (TPSA) is 60.9 Å². The molecule has 1 aliphatic rings. The van der Waals surface area contributed by atoms with E-state index < -0.39 is 0 Å². The Balaban J connectivity index is 1.66. The van der Waals surface area contributed by atoms with Gasteiger partial charge in [-0.05, 0) is 30.5 Å². The number of nitrogens with zero attached hydrogens (tertiary/aromatic N) is 1. The number of aromatic nitrogens is 2. The third kappa shape index (κ3) is 2.06. The van der Waals surface area contributed by atoms with Crippen molar-refractivity contribution in [2.45, 2.75) is 19.4 Å². The number of pyridine rings is 1. The van der Waals surface area contributed by atoms with Gasteiger partial charge in [0.15, 0.2) is 0 Å².